The number of allylic oxidation sites excluding steroid dienone is 1. The van der Waals surface area contributed by atoms with Gasteiger partial charge in [0, 0.05) is 0 Å². The van der Waals surface area contributed by atoms with Gasteiger partial charge in [0.1, 0.15) is 0 Å². The van der Waals surface area contributed by atoms with E-state index in [1.807, 2.05) is 0 Å². The first-order chi connectivity index (χ1) is 4.09. The van der Waals surface area contributed by atoms with Crippen LogP contribution in [0.5, 0.6) is 0 Å². The Morgan fingerprint density at radius 3 is 2.33 bits per heavy atom. The molecule has 0 bridgehead atoms. The Morgan fingerprint density at radius 1 is 1.89 bits per heavy atom. The van der Waals surface area contributed by atoms with Crippen molar-refractivity contribution in [1.82, 2.24) is 0 Å². The lowest BCUT2D eigenvalue weighted by atomic mass is 10.5. The quantitative estimate of drug-likeness (QED) is 0.315. The Kier molecular flexibility index (Phi) is 2.31. The fourth-order valence-electron chi connectivity index (χ4n) is 0.214. The first kappa shape index (κ1) is 7.54. The highest BCUT2D eigenvalue weighted by molar-refractivity contribution is 5.86. The van der Waals surface area contributed by atoms with Gasteiger partial charge < -0.3 is 5.73 Å². The third-order valence-corrected chi connectivity index (χ3v) is 0.579. The van der Waals surface area contributed by atoms with Crippen LogP contribution in [0.15, 0.2) is 11.9 Å². The monoisotopic (exact) mass is 133 g/mol. The zero-order valence-corrected chi connectivity index (χ0v) is 4.30. The summed E-state index contributed by atoms with van der Waals surface area (Å²) in [6.07, 6.45) is 0.433. The molecule has 0 aliphatic rings. The van der Waals surface area contributed by atoms with Crippen molar-refractivity contribution in [3.8, 4) is 0 Å². The number of hydrogen-bond acceptors (Lipinski definition) is 4. The van der Waals surface area contributed by atoms with E-state index in [0.29, 0.717) is 6.20 Å². The van der Waals surface area contributed by atoms with Crippen molar-refractivity contribution in [2.75, 3.05) is 0 Å². The van der Waals surface area contributed by atoms with Gasteiger partial charge in [-0.2, -0.15) is 4.39 Å². The molecule has 0 spiro atoms. The van der Waals surface area contributed by atoms with E-state index in [-0.39, 0.29) is 0 Å². The van der Waals surface area contributed by atoms with E-state index >= 15 is 0 Å². The van der Waals surface area contributed by atoms with Gasteiger partial charge in [-0.1, -0.05) is 0 Å². The molecule has 0 saturated heterocycles. The summed E-state index contributed by atoms with van der Waals surface area (Å²) in [5.41, 5.74) is 3.57. The molecule has 5 nitrogen and oxygen atoms in total. The highest BCUT2D eigenvalue weighted by Gasteiger charge is 2.15. The van der Waals surface area contributed by atoms with E-state index in [4.69, 9.17) is 5.41 Å². The third-order valence-electron chi connectivity index (χ3n) is 0.579. The van der Waals surface area contributed by atoms with Gasteiger partial charge in [0.15, 0.2) is 0 Å². The van der Waals surface area contributed by atoms with E-state index in [2.05, 4.69) is 5.73 Å². The second kappa shape index (κ2) is 2.75. The zero-order valence-electron chi connectivity index (χ0n) is 4.30. The van der Waals surface area contributed by atoms with E-state index in [1.54, 1.807) is 0 Å². The number of hydrogen-bond donors (Lipinski definition) is 2. The molecule has 0 fully saturated rings. The molecule has 0 aromatic carbocycles. The number of nitro groups is 1. The van der Waals surface area contributed by atoms with Gasteiger partial charge in [-0.15, -0.1) is 0 Å². The zero-order chi connectivity index (χ0) is 7.44. The predicted octanol–water partition coefficient (Wildman–Crippen LogP) is 0.00997. The number of nitrogens with two attached hydrogens (primary N) is 1. The van der Waals surface area contributed by atoms with Gasteiger partial charge in [0.2, 0.25) is 0 Å². The average molecular weight is 133 g/mol. The Morgan fingerprint density at radius 2 is 2.33 bits per heavy atom. The average Bonchev–Trinajstić information content (AvgIpc) is 1.64. The fraction of sp³-hybridized carbons (Fsp3) is 0. The molecule has 0 rings (SSSR count). The molecule has 50 valence electrons. The first-order valence-electron chi connectivity index (χ1n) is 1.90. The summed E-state index contributed by atoms with van der Waals surface area (Å²) in [7, 11) is 0. The number of rotatable bonds is 2. The van der Waals surface area contributed by atoms with Crippen molar-refractivity contribution < 1.29 is 9.31 Å². The predicted molar refractivity (Wildman–Crippen MR) is 28.1 cm³/mol. The SMILES string of the molecule is N=C(F)/C(=C\N)[N+](=O)[O-]. The summed E-state index contributed by atoms with van der Waals surface area (Å²) in [6, 6.07) is 0. The van der Waals surface area contributed by atoms with Crippen molar-refractivity contribution >= 4 is 5.97 Å². The van der Waals surface area contributed by atoms with Gasteiger partial charge >= 0.3 is 5.70 Å². The van der Waals surface area contributed by atoms with E-state index in [0.717, 1.165) is 0 Å². The van der Waals surface area contributed by atoms with Crippen LogP contribution in [0.1, 0.15) is 0 Å². The minimum absolute atomic E-state index is 0.433. The molecular formula is C3H4FN3O2. The van der Waals surface area contributed by atoms with Crippen LogP contribution in [-0.2, 0) is 0 Å². The standard InChI is InChI=1S/C3H4FN3O2/c4-3(6)2(1-5)7(8)9/h1,6H,5H2/b2-1+,6-3?. The van der Waals surface area contributed by atoms with Crippen LogP contribution in [0.25, 0.3) is 0 Å². The van der Waals surface area contributed by atoms with Crippen LogP contribution in [-0.4, -0.2) is 10.9 Å². The number of halogens is 1. The van der Waals surface area contributed by atoms with Crippen LogP contribution in [0.2, 0.25) is 0 Å². The minimum atomic E-state index is -1.64. The van der Waals surface area contributed by atoms with Crippen molar-refractivity contribution in [3.05, 3.63) is 22.0 Å². The maximum atomic E-state index is 11.6. The van der Waals surface area contributed by atoms with E-state index in [1.165, 1.54) is 0 Å². The van der Waals surface area contributed by atoms with Gasteiger partial charge in [-0.25, -0.2) is 0 Å². The van der Waals surface area contributed by atoms with E-state index in [9.17, 15) is 14.5 Å². The summed E-state index contributed by atoms with van der Waals surface area (Å²) in [6.45, 7) is 0. The number of nitrogens with one attached hydrogen (secondary N) is 1. The highest BCUT2D eigenvalue weighted by atomic mass is 19.1. The molecule has 0 aromatic rings. The van der Waals surface area contributed by atoms with Crippen LogP contribution in [0.4, 0.5) is 4.39 Å². The molecule has 0 heterocycles. The van der Waals surface area contributed by atoms with Gasteiger partial charge in [-0.3, -0.25) is 15.5 Å². The molecule has 0 saturated carbocycles. The highest BCUT2D eigenvalue weighted by Crippen LogP contribution is 1.95. The molecule has 0 aliphatic carbocycles. The summed E-state index contributed by atoms with van der Waals surface area (Å²) in [5, 5.41) is 15.8. The molecule has 0 unspecified atom stereocenters. The molecule has 0 amide bonds. The van der Waals surface area contributed by atoms with Crippen molar-refractivity contribution in [3.63, 3.8) is 0 Å². The molecule has 3 N–H and O–H groups in total. The van der Waals surface area contributed by atoms with Gasteiger partial charge in [0.25, 0.3) is 5.97 Å². The maximum Gasteiger partial charge on any atom is 0.338 e. The molecule has 0 atom stereocenters. The summed E-state index contributed by atoms with van der Waals surface area (Å²) >= 11 is 0. The second-order valence-electron chi connectivity index (χ2n) is 1.12. The van der Waals surface area contributed by atoms with Crippen LogP contribution < -0.4 is 5.73 Å². The molecule has 9 heavy (non-hydrogen) atoms. The lowest BCUT2D eigenvalue weighted by molar-refractivity contribution is -0.416. The third kappa shape index (κ3) is 1.85. The van der Waals surface area contributed by atoms with Gasteiger partial charge in [-0.05, 0) is 0 Å². The Hall–Kier alpha value is -1.46. The topological polar surface area (TPSA) is 93.0 Å². The van der Waals surface area contributed by atoms with Crippen LogP contribution in [0.3, 0.4) is 0 Å². The molecule has 0 aliphatic heterocycles. The Bertz CT molecular complexity index is 160. The summed E-state index contributed by atoms with van der Waals surface area (Å²) in [4.78, 5) is 8.58. The molecule has 0 radical (unpaired) electrons. The second-order valence-corrected chi connectivity index (χ2v) is 1.12. The lowest BCUT2D eigenvalue weighted by Gasteiger charge is -1.86. The van der Waals surface area contributed by atoms with Crippen molar-refractivity contribution in [2.24, 2.45) is 5.73 Å². The normalized spacial score (nSPS) is 11.0. The first-order valence-corrected chi connectivity index (χ1v) is 1.90. The Labute approximate surface area is 49.6 Å². The summed E-state index contributed by atoms with van der Waals surface area (Å²) in [5.74, 6) is -1.64. The van der Waals surface area contributed by atoms with Crippen LogP contribution in [0, 0.1) is 15.5 Å². The minimum Gasteiger partial charge on any atom is -0.399 e. The maximum absolute atomic E-state index is 11.6. The van der Waals surface area contributed by atoms with Gasteiger partial charge in [0.05, 0.1) is 11.1 Å². The lowest BCUT2D eigenvalue weighted by Crippen LogP contribution is -2.07. The molecule has 6 heteroatoms. The van der Waals surface area contributed by atoms with Crippen LogP contribution >= 0.6 is 0 Å². The molecule has 0 aromatic heterocycles. The summed E-state index contributed by atoms with van der Waals surface area (Å²) < 4.78 is 11.6. The van der Waals surface area contributed by atoms with E-state index < -0.39 is 16.6 Å². The fourth-order valence-corrected chi connectivity index (χ4v) is 0.214. The largest absolute Gasteiger partial charge is 0.399 e. The van der Waals surface area contributed by atoms with Crippen molar-refractivity contribution in [1.29, 1.82) is 5.41 Å². The Balaban J connectivity index is 4.38. The molecular weight excluding hydrogens is 129 g/mol. The van der Waals surface area contributed by atoms with Crippen molar-refractivity contribution in [2.45, 2.75) is 0 Å². The smallest absolute Gasteiger partial charge is 0.338 e. The number of nitrogens with zero attached hydrogens (tertiary/aromatic N) is 1.